The molecular formula is C14H18F2O2. The van der Waals surface area contributed by atoms with E-state index in [-0.39, 0.29) is 18.4 Å². The van der Waals surface area contributed by atoms with Gasteiger partial charge in [-0.05, 0) is 24.5 Å². The first-order valence-electron chi connectivity index (χ1n) is 6.35. The number of hydrogen-bond acceptors (Lipinski definition) is 2. The van der Waals surface area contributed by atoms with Gasteiger partial charge >= 0.3 is 0 Å². The van der Waals surface area contributed by atoms with Crippen molar-refractivity contribution in [2.24, 2.45) is 5.92 Å². The van der Waals surface area contributed by atoms with E-state index in [1.165, 1.54) is 12.1 Å². The fourth-order valence-electron chi connectivity index (χ4n) is 2.59. The van der Waals surface area contributed by atoms with Crippen molar-refractivity contribution >= 4 is 0 Å². The van der Waals surface area contributed by atoms with E-state index in [0.29, 0.717) is 12.2 Å². The van der Waals surface area contributed by atoms with Gasteiger partial charge < -0.3 is 9.84 Å². The number of rotatable bonds is 4. The van der Waals surface area contributed by atoms with Gasteiger partial charge in [0.05, 0.1) is 12.2 Å². The summed E-state index contributed by atoms with van der Waals surface area (Å²) in [5.74, 6) is -1.15. The summed E-state index contributed by atoms with van der Waals surface area (Å²) >= 11 is 0. The first-order valence-corrected chi connectivity index (χ1v) is 6.35. The molecule has 2 rings (SSSR count). The van der Waals surface area contributed by atoms with Crippen molar-refractivity contribution in [2.45, 2.75) is 38.4 Å². The van der Waals surface area contributed by atoms with E-state index < -0.39 is 17.7 Å². The summed E-state index contributed by atoms with van der Waals surface area (Å²) in [5, 5.41) is 10.2. The highest BCUT2D eigenvalue weighted by Crippen LogP contribution is 2.28. The maximum Gasteiger partial charge on any atom is 0.129 e. The van der Waals surface area contributed by atoms with E-state index in [1.54, 1.807) is 0 Å². The van der Waals surface area contributed by atoms with Crippen LogP contribution in [-0.2, 0) is 11.2 Å². The topological polar surface area (TPSA) is 29.5 Å². The van der Waals surface area contributed by atoms with Gasteiger partial charge in [-0.25, -0.2) is 8.78 Å². The predicted molar refractivity (Wildman–Crippen MR) is 64.2 cm³/mol. The van der Waals surface area contributed by atoms with Crippen LogP contribution in [-0.4, -0.2) is 23.9 Å². The number of hydrogen-bond donors (Lipinski definition) is 1. The molecule has 1 aromatic carbocycles. The Morgan fingerprint density at radius 3 is 2.89 bits per heavy atom. The van der Waals surface area contributed by atoms with Gasteiger partial charge in [-0.2, -0.15) is 0 Å². The number of halogens is 2. The Kier molecular flexibility index (Phi) is 4.30. The molecular weight excluding hydrogens is 238 g/mol. The smallest absolute Gasteiger partial charge is 0.129 e. The highest BCUT2D eigenvalue weighted by Gasteiger charge is 2.32. The maximum atomic E-state index is 13.5. The van der Waals surface area contributed by atoms with Crippen LogP contribution < -0.4 is 0 Å². The zero-order valence-corrected chi connectivity index (χ0v) is 10.4. The molecule has 0 amide bonds. The van der Waals surface area contributed by atoms with Crippen molar-refractivity contribution in [2.75, 3.05) is 6.61 Å². The molecule has 4 heteroatoms. The Morgan fingerprint density at radius 2 is 2.22 bits per heavy atom. The highest BCUT2D eigenvalue weighted by atomic mass is 19.1. The molecule has 0 bridgehead atoms. The second kappa shape index (κ2) is 5.76. The van der Waals surface area contributed by atoms with Crippen molar-refractivity contribution in [1.82, 2.24) is 0 Å². The molecule has 1 N–H and O–H groups in total. The second-order valence-electron chi connectivity index (χ2n) is 4.78. The van der Waals surface area contributed by atoms with Gasteiger partial charge in [-0.15, -0.1) is 0 Å². The molecule has 100 valence electrons. The first-order chi connectivity index (χ1) is 8.61. The van der Waals surface area contributed by atoms with Gasteiger partial charge in [0.25, 0.3) is 0 Å². The summed E-state index contributed by atoms with van der Waals surface area (Å²) in [4.78, 5) is 0. The van der Waals surface area contributed by atoms with E-state index in [1.807, 2.05) is 6.92 Å². The minimum absolute atomic E-state index is 0.0412. The molecule has 0 spiro atoms. The van der Waals surface area contributed by atoms with E-state index in [4.69, 9.17) is 4.74 Å². The van der Waals surface area contributed by atoms with Gasteiger partial charge in [0.1, 0.15) is 11.6 Å². The fraction of sp³-hybridized carbons (Fsp3) is 0.571. The van der Waals surface area contributed by atoms with Crippen LogP contribution in [0.25, 0.3) is 0 Å². The van der Waals surface area contributed by atoms with Gasteiger partial charge in [-0.3, -0.25) is 0 Å². The summed E-state index contributed by atoms with van der Waals surface area (Å²) in [6.07, 6.45) is 1.24. The molecule has 0 aliphatic carbocycles. The van der Waals surface area contributed by atoms with Crippen molar-refractivity contribution in [3.8, 4) is 0 Å². The van der Waals surface area contributed by atoms with E-state index in [2.05, 4.69) is 0 Å². The van der Waals surface area contributed by atoms with Crippen LogP contribution in [0.4, 0.5) is 8.78 Å². The number of aliphatic hydroxyl groups excluding tert-OH is 1. The average Bonchev–Trinajstić information content (AvgIpc) is 2.81. The third-order valence-corrected chi connectivity index (χ3v) is 3.60. The highest BCUT2D eigenvalue weighted by molar-refractivity contribution is 5.19. The molecule has 1 fully saturated rings. The summed E-state index contributed by atoms with van der Waals surface area (Å²) in [6.45, 7) is 2.65. The Bertz CT molecular complexity index is 409. The SMILES string of the molecule is CCC1OCCC1C(O)Cc1ccc(F)cc1F. The average molecular weight is 256 g/mol. The molecule has 1 aliphatic rings. The summed E-state index contributed by atoms with van der Waals surface area (Å²) in [6, 6.07) is 3.46. The minimum Gasteiger partial charge on any atom is -0.392 e. The van der Waals surface area contributed by atoms with Crippen LogP contribution in [0.3, 0.4) is 0 Å². The molecule has 0 saturated carbocycles. The van der Waals surface area contributed by atoms with Crippen LogP contribution in [0, 0.1) is 17.6 Å². The Hall–Kier alpha value is -1.00. The van der Waals surface area contributed by atoms with E-state index >= 15 is 0 Å². The molecule has 2 nitrogen and oxygen atoms in total. The maximum absolute atomic E-state index is 13.5. The molecule has 18 heavy (non-hydrogen) atoms. The Labute approximate surface area is 106 Å². The van der Waals surface area contributed by atoms with Crippen LogP contribution >= 0.6 is 0 Å². The monoisotopic (exact) mass is 256 g/mol. The third kappa shape index (κ3) is 2.87. The van der Waals surface area contributed by atoms with Gasteiger partial charge in [-0.1, -0.05) is 13.0 Å². The van der Waals surface area contributed by atoms with E-state index in [0.717, 1.165) is 18.9 Å². The molecule has 1 saturated heterocycles. The largest absolute Gasteiger partial charge is 0.392 e. The lowest BCUT2D eigenvalue weighted by molar-refractivity contribution is 0.0314. The van der Waals surface area contributed by atoms with Gasteiger partial charge in [0.15, 0.2) is 0 Å². The van der Waals surface area contributed by atoms with Crippen LogP contribution in [0.5, 0.6) is 0 Å². The number of aliphatic hydroxyl groups is 1. The molecule has 1 heterocycles. The normalized spacial score (nSPS) is 25.3. The van der Waals surface area contributed by atoms with Crippen LogP contribution in [0.15, 0.2) is 18.2 Å². The standard InChI is InChI=1S/C14H18F2O2/c1-2-14-11(5-6-18-14)13(17)7-9-3-4-10(15)8-12(9)16/h3-4,8,11,13-14,17H,2,5-7H2,1H3. The molecule has 3 unspecified atom stereocenters. The molecule has 1 aromatic rings. The third-order valence-electron chi connectivity index (χ3n) is 3.60. The van der Waals surface area contributed by atoms with Crippen molar-refractivity contribution in [3.63, 3.8) is 0 Å². The molecule has 3 atom stereocenters. The summed E-state index contributed by atoms with van der Waals surface area (Å²) < 4.78 is 31.8. The quantitative estimate of drug-likeness (QED) is 0.897. The van der Waals surface area contributed by atoms with Crippen LogP contribution in [0.2, 0.25) is 0 Å². The minimum atomic E-state index is -0.641. The van der Waals surface area contributed by atoms with Gasteiger partial charge in [0.2, 0.25) is 0 Å². The molecule has 0 aromatic heterocycles. The van der Waals surface area contributed by atoms with Crippen LogP contribution in [0.1, 0.15) is 25.3 Å². The predicted octanol–water partition coefficient (Wildman–Crippen LogP) is 2.68. The number of ether oxygens (including phenoxy) is 1. The van der Waals surface area contributed by atoms with E-state index in [9.17, 15) is 13.9 Å². The molecule has 0 radical (unpaired) electrons. The lowest BCUT2D eigenvalue weighted by Crippen LogP contribution is -2.29. The summed E-state index contributed by atoms with van der Waals surface area (Å²) in [7, 11) is 0. The van der Waals surface area contributed by atoms with Gasteiger partial charge in [0, 0.05) is 25.0 Å². The number of benzene rings is 1. The van der Waals surface area contributed by atoms with Crippen molar-refractivity contribution in [3.05, 3.63) is 35.4 Å². The Balaban J connectivity index is 2.04. The van der Waals surface area contributed by atoms with Crippen molar-refractivity contribution in [1.29, 1.82) is 0 Å². The lowest BCUT2D eigenvalue weighted by atomic mass is 9.89. The van der Waals surface area contributed by atoms with Crippen molar-refractivity contribution < 1.29 is 18.6 Å². The zero-order valence-electron chi connectivity index (χ0n) is 10.4. The molecule has 1 aliphatic heterocycles. The summed E-state index contributed by atoms with van der Waals surface area (Å²) in [5.41, 5.74) is 0.352. The first kappa shape index (κ1) is 13.4. The second-order valence-corrected chi connectivity index (χ2v) is 4.78. The lowest BCUT2D eigenvalue weighted by Gasteiger charge is -2.22. The Morgan fingerprint density at radius 1 is 1.44 bits per heavy atom. The fourth-order valence-corrected chi connectivity index (χ4v) is 2.59. The zero-order chi connectivity index (χ0) is 13.1.